The monoisotopic (exact) mass is 510 g/mol. The Kier molecular flexibility index (Phi) is 8.28. The molecule has 0 bridgehead atoms. The molecule has 2 N–H and O–H groups in total. The molecule has 0 aliphatic carbocycles. The first kappa shape index (κ1) is 26.3. The van der Waals surface area contributed by atoms with E-state index in [9.17, 15) is 9.59 Å². The first-order valence-electron chi connectivity index (χ1n) is 12.1. The standard InChI is InChI=1S/C31H30N2O5/c1-20-12-14-25(21(2)17-20)29(22-9-6-5-7-10-22)33-31(35)26(19-24-11-8-16-38-24)32-30(34)23-13-15-27(36-3)28(18-23)37-4/h5-19,29H,1-4H3,(H,32,34)(H,33,35)/b26-19-/t29-/m0/s1. The van der Waals surface area contributed by atoms with Gasteiger partial charge in [-0.15, -0.1) is 0 Å². The Morgan fingerprint density at radius 1 is 0.868 bits per heavy atom. The number of hydrogen-bond donors (Lipinski definition) is 2. The zero-order chi connectivity index (χ0) is 27.1. The lowest BCUT2D eigenvalue weighted by molar-refractivity contribution is -0.118. The molecule has 0 aliphatic rings. The summed E-state index contributed by atoms with van der Waals surface area (Å²) in [6.07, 6.45) is 3.00. The topological polar surface area (TPSA) is 89.8 Å². The van der Waals surface area contributed by atoms with Crippen molar-refractivity contribution in [3.8, 4) is 11.5 Å². The van der Waals surface area contributed by atoms with Crippen molar-refractivity contribution in [2.75, 3.05) is 14.2 Å². The number of ether oxygens (including phenoxy) is 2. The van der Waals surface area contributed by atoms with Gasteiger partial charge >= 0.3 is 0 Å². The molecule has 3 aromatic carbocycles. The molecule has 0 spiro atoms. The van der Waals surface area contributed by atoms with Crippen molar-refractivity contribution >= 4 is 17.9 Å². The van der Waals surface area contributed by atoms with Gasteiger partial charge in [-0.2, -0.15) is 0 Å². The highest BCUT2D eigenvalue weighted by Crippen LogP contribution is 2.28. The van der Waals surface area contributed by atoms with Gasteiger partial charge in [0.25, 0.3) is 11.8 Å². The molecule has 0 saturated heterocycles. The molecule has 0 radical (unpaired) electrons. The number of aryl methyl sites for hydroxylation is 2. The van der Waals surface area contributed by atoms with Gasteiger partial charge in [0.15, 0.2) is 11.5 Å². The number of hydrogen-bond acceptors (Lipinski definition) is 5. The van der Waals surface area contributed by atoms with Crippen molar-refractivity contribution < 1.29 is 23.5 Å². The van der Waals surface area contributed by atoms with Crippen LogP contribution in [-0.2, 0) is 4.79 Å². The number of amides is 2. The fourth-order valence-electron chi connectivity index (χ4n) is 4.19. The van der Waals surface area contributed by atoms with Crippen molar-refractivity contribution in [3.05, 3.63) is 124 Å². The third-order valence-corrected chi connectivity index (χ3v) is 6.11. The van der Waals surface area contributed by atoms with Crippen molar-refractivity contribution in [2.45, 2.75) is 19.9 Å². The van der Waals surface area contributed by atoms with Gasteiger partial charge in [0.2, 0.25) is 0 Å². The molecule has 1 aromatic heterocycles. The van der Waals surface area contributed by atoms with E-state index in [1.165, 1.54) is 26.6 Å². The molecule has 0 aliphatic heterocycles. The third-order valence-electron chi connectivity index (χ3n) is 6.11. The summed E-state index contributed by atoms with van der Waals surface area (Å²) < 4.78 is 16.0. The van der Waals surface area contributed by atoms with Gasteiger partial charge in [-0.25, -0.2) is 0 Å². The predicted octanol–water partition coefficient (Wildman–Crippen LogP) is 5.59. The van der Waals surface area contributed by atoms with Gasteiger partial charge in [0, 0.05) is 11.6 Å². The Morgan fingerprint density at radius 3 is 2.29 bits per heavy atom. The molecule has 7 nitrogen and oxygen atoms in total. The van der Waals surface area contributed by atoms with Crippen LogP contribution >= 0.6 is 0 Å². The molecule has 0 saturated carbocycles. The van der Waals surface area contributed by atoms with Crippen LogP contribution in [0.25, 0.3) is 6.08 Å². The van der Waals surface area contributed by atoms with Crippen molar-refractivity contribution in [1.29, 1.82) is 0 Å². The summed E-state index contributed by atoms with van der Waals surface area (Å²) >= 11 is 0. The van der Waals surface area contributed by atoms with E-state index in [-0.39, 0.29) is 5.70 Å². The average Bonchev–Trinajstić information content (AvgIpc) is 3.45. The lowest BCUT2D eigenvalue weighted by atomic mass is 9.93. The van der Waals surface area contributed by atoms with Crippen LogP contribution in [0.1, 0.15) is 44.4 Å². The van der Waals surface area contributed by atoms with E-state index in [1.54, 1.807) is 30.3 Å². The highest BCUT2D eigenvalue weighted by atomic mass is 16.5. The third kappa shape index (κ3) is 6.13. The summed E-state index contributed by atoms with van der Waals surface area (Å²) in [5, 5.41) is 5.86. The summed E-state index contributed by atoms with van der Waals surface area (Å²) in [4.78, 5) is 26.9. The molecule has 4 rings (SSSR count). The maximum atomic E-state index is 13.7. The lowest BCUT2D eigenvalue weighted by Crippen LogP contribution is -2.37. The van der Waals surface area contributed by atoms with Gasteiger partial charge in [0.1, 0.15) is 11.5 Å². The predicted molar refractivity (Wildman–Crippen MR) is 146 cm³/mol. The van der Waals surface area contributed by atoms with Crippen molar-refractivity contribution in [3.63, 3.8) is 0 Å². The minimum atomic E-state index is -0.485. The highest BCUT2D eigenvalue weighted by Gasteiger charge is 2.23. The first-order chi connectivity index (χ1) is 18.4. The summed E-state index contributed by atoms with van der Waals surface area (Å²) in [6, 6.07) is 23.6. The number of carbonyl (C=O) groups excluding carboxylic acids is 2. The van der Waals surface area contributed by atoms with Crippen LogP contribution in [0.4, 0.5) is 0 Å². The molecule has 1 atom stereocenters. The van der Waals surface area contributed by atoms with E-state index in [0.717, 1.165) is 22.3 Å². The number of furan rings is 1. The van der Waals surface area contributed by atoms with Crippen LogP contribution in [0.5, 0.6) is 11.5 Å². The minimum Gasteiger partial charge on any atom is -0.493 e. The van der Waals surface area contributed by atoms with Crippen LogP contribution in [0.3, 0.4) is 0 Å². The van der Waals surface area contributed by atoms with Gasteiger partial charge in [0.05, 0.1) is 26.5 Å². The Balaban J connectivity index is 1.68. The Morgan fingerprint density at radius 2 is 1.63 bits per heavy atom. The first-order valence-corrected chi connectivity index (χ1v) is 12.1. The van der Waals surface area contributed by atoms with Crippen molar-refractivity contribution in [2.24, 2.45) is 0 Å². The lowest BCUT2D eigenvalue weighted by Gasteiger charge is -2.23. The zero-order valence-corrected chi connectivity index (χ0v) is 21.8. The number of rotatable bonds is 9. The molecule has 194 valence electrons. The fraction of sp³-hybridized carbons (Fsp3) is 0.161. The van der Waals surface area contributed by atoms with Crippen molar-refractivity contribution in [1.82, 2.24) is 10.6 Å². The SMILES string of the molecule is COc1ccc(C(=O)N/C(=C\c2ccco2)C(=O)N[C@@H](c2ccccc2)c2ccc(C)cc2C)cc1OC. The Labute approximate surface area is 222 Å². The number of carbonyl (C=O) groups is 2. The number of nitrogens with one attached hydrogen (secondary N) is 2. The van der Waals surface area contributed by atoms with Crippen LogP contribution in [0, 0.1) is 13.8 Å². The Bertz CT molecular complexity index is 1440. The second-order valence-corrected chi connectivity index (χ2v) is 8.77. The maximum absolute atomic E-state index is 13.7. The highest BCUT2D eigenvalue weighted by molar-refractivity contribution is 6.05. The van der Waals surface area contributed by atoms with Gasteiger partial charge in [-0.1, -0.05) is 54.1 Å². The second kappa shape index (κ2) is 12.0. The van der Waals surface area contributed by atoms with E-state index in [0.29, 0.717) is 22.8 Å². The molecule has 4 aromatic rings. The van der Waals surface area contributed by atoms with Gasteiger partial charge in [-0.05, 0) is 60.9 Å². The van der Waals surface area contributed by atoms with E-state index in [2.05, 4.69) is 16.7 Å². The molecule has 0 fully saturated rings. The molecule has 7 heteroatoms. The summed E-state index contributed by atoms with van der Waals surface area (Å²) in [6.45, 7) is 4.05. The smallest absolute Gasteiger partial charge is 0.268 e. The van der Waals surface area contributed by atoms with Gasteiger partial charge in [-0.3, -0.25) is 9.59 Å². The Hall–Kier alpha value is -4.78. The molecular formula is C31H30N2O5. The summed E-state index contributed by atoms with van der Waals surface area (Å²) in [5.41, 5.74) is 4.38. The molecule has 2 amide bonds. The number of methoxy groups -OCH3 is 2. The van der Waals surface area contributed by atoms with Gasteiger partial charge < -0.3 is 24.5 Å². The maximum Gasteiger partial charge on any atom is 0.268 e. The summed E-state index contributed by atoms with van der Waals surface area (Å²) in [5.74, 6) is 0.365. The van der Waals surface area contributed by atoms with Crippen LogP contribution in [0.2, 0.25) is 0 Å². The second-order valence-electron chi connectivity index (χ2n) is 8.77. The van der Waals surface area contributed by atoms with E-state index >= 15 is 0 Å². The normalized spacial score (nSPS) is 11.9. The molecule has 1 heterocycles. The van der Waals surface area contributed by atoms with Crippen LogP contribution in [-0.4, -0.2) is 26.0 Å². The minimum absolute atomic E-state index is 0.0328. The van der Waals surface area contributed by atoms with Crippen LogP contribution in [0.15, 0.2) is 95.2 Å². The molecule has 38 heavy (non-hydrogen) atoms. The average molecular weight is 511 g/mol. The fourth-order valence-corrected chi connectivity index (χ4v) is 4.19. The molecule has 0 unspecified atom stereocenters. The van der Waals surface area contributed by atoms with E-state index < -0.39 is 17.9 Å². The quantitative estimate of drug-likeness (QED) is 0.287. The van der Waals surface area contributed by atoms with E-state index in [1.807, 2.05) is 56.3 Å². The van der Waals surface area contributed by atoms with Crippen LogP contribution < -0.4 is 20.1 Å². The van der Waals surface area contributed by atoms with E-state index in [4.69, 9.17) is 13.9 Å². The molecular weight excluding hydrogens is 480 g/mol. The zero-order valence-electron chi connectivity index (χ0n) is 21.8. The summed E-state index contributed by atoms with van der Waals surface area (Å²) in [7, 11) is 3.01. The number of benzene rings is 3. The largest absolute Gasteiger partial charge is 0.493 e.